The average Bonchev–Trinajstić information content (AvgIpc) is 2.84. The van der Waals surface area contributed by atoms with Gasteiger partial charge in [0.25, 0.3) is 5.91 Å². The number of aryl methyl sites for hydroxylation is 2. The minimum atomic E-state index is -3.70. The second kappa shape index (κ2) is 7.50. The molecule has 1 saturated heterocycles. The number of carboxylic acids is 1. The Morgan fingerprint density at radius 2 is 2.16 bits per heavy atom. The van der Waals surface area contributed by atoms with Crippen molar-refractivity contribution < 1.29 is 27.9 Å². The van der Waals surface area contributed by atoms with Crippen LogP contribution in [0.5, 0.6) is 0 Å². The number of aliphatic carboxylic acids is 1. The molecule has 140 valence electrons. The number of amides is 1. The van der Waals surface area contributed by atoms with Gasteiger partial charge in [-0.3, -0.25) is 14.3 Å². The Balaban J connectivity index is 2.06. The maximum absolute atomic E-state index is 12.5. The van der Waals surface area contributed by atoms with Crippen LogP contribution in [0.15, 0.2) is 6.07 Å². The zero-order valence-electron chi connectivity index (χ0n) is 14.4. The van der Waals surface area contributed by atoms with Crippen LogP contribution in [0.2, 0.25) is 0 Å². The molecule has 1 amide bonds. The molecule has 1 atom stereocenters. The number of nitrogens with zero attached hydrogens (tertiary/aromatic N) is 4. The van der Waals surface area contributed by atoms with Crippen molar-refractivity contribution >= 4 is 21.9 Å². The standard InChI is InChI=1S/C14H22N4O6S/c1-10-6-12(15-16(10)2)14(21)17-4-5-24-11(7-17)8-18(9-13(19)20)25(3,22)23/h6,11H,4-5,7-9H2,1-3H3,(H,19,20). The molecule has 0 saturated carbocycles. The molecule has 2 heterocycles. The van der Waals surface area contributed by atoms with Crippen molar-refractivity contribution in [2.75, 3.05) is 39.0 Å². The summed E-state index contributed by atoms with van der Waals surface area (Å²) >= 11 is 0. The molecule has 1 aromatic rings. The smallest absolute Gasteiger partial charge is 0.318 e. The highest BCUT2D eigenvalue weighted by molar-refractivity contribution is 7.88. The Labute approximate surface area is 146 Å². The quantitative estimate of drug-likeness (QED) is 0.672. The number of hydrogen-bond acceptors (Lipinski definition) is 6. The van der Waals surface area contributed by atoms with Crippen molar-refractivity contribution in [2.45, 2.75) is 13.0 Å². The number of rotatable bonds is 6. The van der Waals surface area contributed by atoms with Crippen LogP contribution in [0.25, 0.3) is 0 Å². The number of carbonyl (C=O) groups excluding carboxylic acids is 1. The summed E-state index contributed by atoms with van der Waals surface area (Å²) in [4.78, 5) is 24.9. The van der Waals surface area contributed by atoms with Gasteiger partial charge in [-0.2, -0.15) is 9.40 Å². The lowest BCUT2D eigenvalue weighted by molar-refractivity contribution is -0.137. The van der Waals surface area contributed by atoms with Crippen LogP contribution in [0, 0.1) is 6.92 Å². The van der Waals surface area contributed by atoms with Crippen molar-refractivity contribution in [3.8, 4) is 0 Å². The zero-order valence-corrected chi connectivity index (χ0v) is 15.2. The number of ether oxygens (including phenoxy) is 1. The molecule has 25 heavy (non-hydrogen) atoms. The van der Waals surface area contributed by atoms with Crippen molar-refractivity contribution in [1.29, 1.82) is 0 Å². The van der Waals surface area contributed by atoms with Gasteiger partial charge in [0.1, 0.15) is 6.54 Å². The van der Waals surface area contributed by atoms with Gasteiger partial charge in [-0.1, -0.05) is 0 Å². The van der Waals surface area contributed by atoms with Gasteiger partial charge < -0.3 is 14.7 Å². The molecule has 1 aliphatic rings. The number of carbonyl (C=O) groups is 2. The van der Waals surface area contributed by atoms with E-state index in [0.29, 0.717) is 12.2 Å². The molecular formula is C14H22N4O6S. The van der Waals surface area contributed by atoms with Crippen LogP contribution in [0.3, 0.4) is 0 Å². The lowest BCUT2D eigenvalue weighted by Crippen LogP contribution is -2.51. The molecule has 0 aromatic carbocycles. The summed E-state index contributed by atoms with van der Waals surface area (Å²) in [6.07, 6.45) is 0.342. The van der Waals surface area contributed by atoms with Gasteiger partial charge in [-0.05, 0) is 13.0 Å². The molecular weight excluding hydrogens is 352 g/mol. The monoisotopic (exact) mass is 374 g/mol. The van der Waals surface area contributed by atoms with Crippen molar-refractivity contribution in [3.63, 3.8) is 0 Å². The first-order chi connectivity index (χ1) is 11.6. The van der Waals surface area contributed by atoms with Crippen molar-refractivity contribution in [2.24, 2.45) is 7.05 Å². The summed E-state index contributed by atoms with van der Waals surface area (Å²) in [6, 6.07) is 1.68. The first-order valence-electron chi connectivity index (χ1n) is 7.66. The Bertz CT molecular complexity index is 740. The zero-order chi connectivity index (χ0) is 18.8. The molecule has 0 spiro atoms. The maximum Gasteiger partial charge on any atom is 0.318 e. The average molecular weight is 374 g/mol. The van der Waals surface area contributed by atoms with E-state index in [9.17, 15) is 18.0 Å². The molecule has 0 radical (unpaired) electrons. The third-order valence-electron chi connectivity index (χ3n) is 3.95. The molecule has 1 unspecified atom stereocenters. The molecule has 2 rings (SSSR count). The fourth-order valence-electron chi connectivity index (χ4n) is 2.54. The third-order valence-corrected chi connectivity index (χ3v) is 5.16. The molecule has 1 N–H and O–H groups in total. The molecule has 1 aliphatic heterocycles. The Hall–Kier alpha value is -1.98. The van der Waals surface area contributed by atoms with Gasteiger partial charge in [0, 0.05) is 32.4 Å². The van der Waals surface area contributed by atoms with E-state index in [0.717, 1.165) is 16.3 Å². The van der Waals surface area contributed by atoms with E-state index in [1.807, 2.05) is 6.92 Å². The highest BCUT2D eigenvalue weighted by Crippen LogP contribution is 2.13. The Morgan fingerprint density at radius 3 is 2.68 bits per heavy atom. The van der Waals surface area contributed by atoms with E-state index in [-0.39, 0.29) is 25.6 Å². The second-order valence-corrected chi connectivity index (χ2v) is 7.97. The Kier molecular flexibility index (Phi) is 5.80. The number of hydrogen-bond donors (Lipinski definition) is 1. The minimum absolute atomic E-state index is 0.129. The molecule has 10 nitrogen and oxygen atoms in total. The first-order valence-corrected chi connectivity index (χ1v) is 9.51. The van der Waals surface area contributed by atoms with E-state index in [1.54, 1.807) is 17.8 Å². The fraction of sp³-hybridized carbons (Fsp3) is 0.643. The predicted molar refractivity (Wildman–Crippen MR) is 87.6 cm³/mol. The molecule has 1 aromatic heterocycles. The highest BCUT2D eigenvalue weighted by Gasteiger charge is 2.30. The summed E-state index contributed by atoms with van der Waals surface area (Å²) < 4.78 is 31.4. The third kappa shape index (κ3) is 5.00. The summed E-state index contributed by atoms with van der Waals surface area (Å²) in [6.45, 7) is 1.83. The lowest BCUT2D eigenvalue weighted by Gasteiger charge is -2.34. The molecule has 0 aliphatic carbocycles. The normalized spacial score (nSPS) is 18.6. The van der Waals surface area contributed by atoms with Gasteiger partial charge >= 0.3 is 5.97 Å². The van der Waals surface area contributed by atoms with Crippen molar-refractivity contribution in [3.05, 3.63) is 17.5 Å². The van der Waals surface area contributed by atoms with Crippen LogP contribution in [0.1, 0.15) is 16.2 Å². The van der Waals surface area contributed by atoms with Gasteiger partial charge in [0.05, 0.1) is 19.0 Å². The predicted octanol–water partition coefficient (Wildman–Crippen LogP) is -1.08. The van der Waals surface area contributed by atoms with Gasteiger partial charge in [-0.15, -0.1) is 0 Å². The minimum Gasteiger partial charge on any atom is -0.480 e. The number of carboxylic acid groups (broad SMARTS) is 1. The summed E-state index contributed by atoms with van der Waals surface area (Å²) in [5.41, 5.74) is 1.16. The lowest BCUT2D eigenvalue weighted by atomic mass is 10.2. The number of morpholine rings is 1. The van der Waals surface area contributed by atoms with Gasteiger partial charge in [0.15, 0.2) is 5.69 Å². The van der Waals surface area contributed by atoms with Crippen LogP contribution in [0.4, 0.5) is 0 Å². The number of aromatic nitrogens is 2. The summed E-state index contributed by atoms with van der Waals surface area (Å²) in [5, 5.41) is 13.0. The maximum atomic E-state index is 12.5. The van der Waals surface area contributed by atoms with Crippen molar-refractivity contribution in [1.82, 2.24) is 19.0 Å². The highest BCUT2D eigenvalue weighted by atomic mass is 32.2. The molecule has 1 fully saturated rings. The van der Waals surface area contributed by atoms with E-state index >= 15 is 0 Å². The van der Waals surface area contributed by atoms with Crippen LogP contribution < -0.4 is 0 Å². The van der Waals surface area contributed by atoms with E-state index < -0.39 is 28.6 Å². The first kappa shape index (κ1) is 19.3. The van der Waals surface area contributed by atoms with Gasteiger partial charge in [0.2, 0.25) is 10.0 Å². The SMILES string of the molecule is Cc1cc(C(=O)N2CCOC(CN(CC(=O)O)S(C)(=O)=O)C2)nn1C. The topological polar surface area (TPSA) is 122 Å². The van der Waals surface area contributed by atoms with E-state index in [1.165, 1.54) is 4.90 Å². The van der Waals surface area contributed by atoms with E-state index in [4.69, 9.17) is 9.84 Å². The molecule has 11 heteroatoms. The fourth-order valence-corrected chi connectivity index (χ4v) is 3.32. The summed E-state index contributed by atoms with van der Waals surface area (Å²) in [5.74, 6) is -1.51. The van der Waals surface area contributed by atoms with Crippen LogP contribution >= 0.6 is 0 Å². The largest absolute Gasteiger partial charge is 0.480 e. The molecule has 0 bridgehead atoms. The second-order valence-electron chi connectivity index (χ2n) is 5.99. The van der Waals surface area contributed by atoms with Gasteiger partial charge in [-0.25, -0.2) is 8.42 Å². The Morgan fingerprint density at radius 1 is 1.48 bits per heavy atom. The van der Waals surface area contributed by atoms with E-state index in [2.05, 4.69) is 5.10 Å². The van der Waals surface area contributed by atoms with Crippen LogP contribution in [-0.2, 0) is 26.6 Å². The summed E-state index contributed by atoms with van der Waals surface area (Å²) in [7, 11) is -1.96. The van der Waals surface area contributed by atoms with Crippen LogP contribution in [-0.4, -0.2) is 89.5 Å². The number of sulfonamides is 1.